The van der Waals surface area contributed by atoms with Crippen LogP contribution in [0.4, 0.5) is 5.69 Å². The number of nitrogens with one attached hydrogen (secondary N) is 1. The molecule has 0 amide bonds. The molecule has 10 heteroatoms. The summed E-state index contributed by atoms with van der Waals surface area (Å²) < 4.78 is 28.5. The van der Waals surface area contributed by atoms with Crippen LogP contribution in [0.5, 0.6) is 11.5 Å². The van der Waals surface area contributed by atoms with Crippen LogP contribution in [0, 0.1) is 10.1 Å². The van der Waals surface area contributed by atoms with Gasteiger partial charge >= 0.3 is 13.4 Å². The van der Waals surface area contributed by atoms with E-state index in [1.807, 2.05) is 0 Å². The van der Waals surface area contributed by atoms with Gasteiger partial charge in [-0.25, -0.2) is 9.65 Å². The monoisotopic (exact) mass is 406 g/mol. The minimum absolute atomic E-state index is 0.0116. The second kappa shape index (κ2) is 8.62. The number of carbonyl (C=O) groups excluding carboxylic acids is 1. The summed E-state index contributed by atoms with van der Waals surface area (Å²) in [7, 11) is -3.36. The number of nitro groups is 1. The number of nitro benzene ring substituents is 1. The number of ketones is 1. The number of rotatable bonds is 7. The van der Waals surface area contributed by atoms with Crippen LogP contribution in [-0.4, -0.2) is 23.9 Å². The molecule has 1 aliphatic heterocycles. The van der Waals surface area contributed by atoms with Crippen LogP contribution in [0.15, 0.2) is 42.5 Å². The predicted molar refractivity (Wildman–Crippen MR) is 101 cm³/mol. The van der Waals surface area contributed by atoms with Crippen LogP contribution in [0.25, 0.3) is 0 Å². The number of nitrogens with zero attached hydrogens (tertiary/aromatic N) is 1. The maximum atomic E-state index is 12.3. The molecule has 0 radical (unpaired) electrons. The van der Waals surface area contributed by atoms with E-state index in [0.717, 1.165) is 6.42 Å². The quantitative estimate of drug-likeness (QED) is 0.314. The topological polar surface area (TPSA) is 117 Å². The molecule has 1 saturated heterocycles. The maximum absolute atomic E-state index is 12.3. The molecule has 3 rings (SSSR count). The average Bonchev–Trinajstić information content (AvgIpc) is 2.67. The van der Waals surface area contributed by atoms with E-state index in [2.05, 4.69) is 5.09 Å². The highest BCUT2D eigenvalue weighted by molar-refractivity contribution is 7.51. The van der Waals surface area contributed by atoms with E-state index in [1.165, 1.54) is 25.1 Å². The minimum atomic E-state index is -3.36. The van der Waals surface area contributed by atoms with Crippen molar-refractivity contribution in [2.24, 2.45) is 0 Å². The molecule has 0 aliphatic carbocycles. The standard InChI is InChI=1S/C18H19N2O7P/c1-13(21)15-4-6-16(7-5-15)27-18-11-14(3-8-17(18)20(22)23)12-26-28(24)19-9-2-10-25-28/h3-8,11H,2,9-10,12H2,1H3,(H,19,24). The fraction of sp³-hybridized carbons (Fsp3) is 0.278. The molecule has 1 unspecified atom stereocenters. The summed E-state index contributed by atoms with van der Waals surface area (Å²) in [5.41, 5.74) is 0.818. The van der Waals surface area contributed by atoms with Gasteiger partial charge in [0.05, 0.1) is 18.1 Å². The van der Waals surface area contributed by atoms with Crippen LogP contribution < -0.4 is 9.82 Å². The lowest BCUT2D eigenvalue weighted by atomic mass is 10.1. The first-order valence-corrected chi connectivity index (χ1v) is 10.1. The van der Waals surface area contributed by atoms with Gasteiger partial charge in [0, 0.05) is 18.2 Å². The lowest BCUT2D eigenvalue weighted by Gasteiger charge is -2.23. The van der Waals surface area contributed by atoms with Crippen LogP contribution in [0.1, 0.15) is 29.3 Å². The van der Waals surface area contributed by atoms with Crippen molar-refractivity contribution >= 4 is 19.2 Å². The number of hydrogen-bond acceptors (Lipinski definition) is 7. The molecule has 1 fully saturated rings. The third-order valence-electron chi connectivity index (χ3n) is 4.00. The summed E-state index contributed by atoms with van der Waals surface area (Å²) in [5.74, 6) is 0.263. The van der Waals surface area contributed by atoms with E-state index in [0.29, 0.717) is 30.0 Å². The predicted octanol–water partition coefficient (Wildman–Crippen LogP) is 4.22. The summed E-state index contributed by atoms with van der Waals surface area (Å²) in [6.45, 7) is 2.25. The molecule has 1 atom stereocenters. The van der Waals surface area contributed by atoms with Crippen molar-refractivity contribution in [2.45, 2.75) is 20.0 Å². The second-order valence-electron chi connectivity index (χ2n) is 6.11. The maximum Gasteiger partial charge on any atom is 0.405 e. The molecule has 0 saturated carbocycles. The van der Waals surface area contributed by atoms with Gasteiger partial charge in [0.25, 0.3) is 0 Å². The number of Topliss-reactive ketones (excluding diaryl/α,β-unsaturated/α-hetero) is 1. The van der Waals surface area contributed by atoms with Gasteiger partial charge in [-0.05, 0) is 55.3 Å². The fourth-order valence-electron chi connectivity index (χ4n) is 2.53. The van der Waals surface area contributed by atoms with Crippen molar-refractivity contribution in [2.75, 3.05) is 13.2 Å². The van der Waals surface area contributed by atoms with Gasteiger partial charge in [0.15, 0.2) is 5.78 Å². The molecule has 1 heterocycles. The first-order chi connectivity index (χ1) is 13.4. The Morgan fingerprint density at radius 1 is 1.29 bits per heavy atom. The Kier molecular flexibility index (Phi) is 6.21. The van der Waals surface area contributed by atoms with E-state index >= 15 is 0 Å². The Morgan fingerprint density at radius 3 is 2.64 bits per heavy atom. The molecular formula is C18H19N2O7P. The molecule has 1 N–H and O–H groups in total. The molecule has 0 spiro atoms. The SMILES string of the molecule is CC(=O)c1ccc(Oc2cc(COP3(=O)NCCCO3)ccc2[N+](=O)[O-])cc1. The Morgan fingerprint density at radius 2 is 2.04 bits per heavy atom. The Balaban J connectivity index is 1.78. The third-order valence-corrected chi connectivity index (χ3v) is 5.60. The zero-order chi connectivity index (χ0) is 20.1. The highest BCUT2D eigenvalue weighted by Crippen LogP contribution is 2.46. The minimum Gasteiger partial charge on any atom is -0.450 e. The first-order valence-electron chi connectivity index (χ1n) is 8.57. The van der Waals surface area contributed by atoms with Crippen LogP contribution in [0.2, 0.25) is 0 Å². The van der Waals surface area contributed by atoms with Gasteiger partial charge in [-0.15, -0.1) is 0 Å². The smallest absolute Gasteiger partial charge is 0.405 e. The molecule has 0 aromatic heterocycles. The van der Waals surface area contributed by atoms with Crippen molar-refractivity contribution in [1.82, 2.24) is 5.09 Å². The van der Waals surface area contributed by atoms with Crippen LogP contribution in [0.3, 0.4) is 0 Å². The van der Waals surface area contributed by atoms with Gasteiger partial charge in [0.2, 0.25) is 5.75 Å². The average molecular weight is 406 g/mol. The van der Waals surface area contributed by atoms with E-state index in [1.54, 1.807) is 24.3 Å². The zero-order valence-electron chi connectivity index (χ0n) is 15.1. The highest BCUT2D eigenvalue weighted by atomic mass is 31.2. The van der Waals surface area contributed by atoms with E-state index in [9.17, 15) is 19.5 Å². The van der Waals surface area contributed by atoms with Gasteiger partial charge in [-0.2, -0.15) is 0 Å². The largest absolute Gasteiger partial charge is 0.450 e. The lowest BCUT2D eigenvalue weighted by Crippen LogP contribution is -2.22. The molecule has 0 bridgehead atoms. The van der Waals surface area contributed by atoms with Gasteiger partial charge in [-0.3, -0.25) is 24.0 Å². The molecular weight excluding hydrogens is 387 g/mol. The third kappa shape index (κ3) is 5.02. The summed E-state index contributed by atoms with van der Waals surface area (Å²) >= 11 is 0. The molecule has 1 aliphatic rings. The Bertz CT molecular complexity index is 920. The van der Waals surface area contributed by atoms with Crippen molar-refractivity contribution in [3.05, 3.63) is 63.7 Å². The summed E-state index contributed by atoms with van der Waals surface area (Å²) in [4.78, 5) is 22.1. The highest BCUT2D eigenvalue weighted by Gasteiger charge is 2.27. The van der Waals surface area contributed by atoms with Crippen molar-refractivity contribution in [1.29, 1.82) is 0 Å². The summed E-state index contributed by atoms with van der Waals surface area (Å²) in [6.07, 6.45) is 0.741. The first kappa shape index (κ1) is 20.2. The Labute approximate surface area is 161 Å². The van der Waals surface area contributed by atoms with E-state index < -0.39 is 12.7 Å². The second-order valence-corrected chi connectivity index (χ2v) is 7.94. The summed E-state index contributed by atoms with van der Waals surface area (Å²) in [5, 5.41) is 14.0. The Hall–Kier alpha value is -2.58. The molecule has 28 heavy (non-hydrogen) atoms. The van der Waals surface area contributed by atoms with Gasteiger partial charge in [0.1, 0.15) is 5.75 Å². The van der Waals surface area contributed by atoms with E-state index in [4.69, 9.17) is 13.8 Å². The van der Waals surface area contributed by atoms with Crippen molar-refractivity contribution < 1.29 is 28.1 Å². The van der Waals surface area contributed by atoms with Gasteiger partial charge < -0.3 is 4.74 Å². The molecule has 2 aromatic carbocycles. The lowest BCUT2D eigenvalue weighted by molar-refractivity contribution is -0.385. The van der Waals surface area contributed by atoms with Crippen molar-refractivity contribution in [3.63, 3.8) is 0 Å². The van der Waals surface area contributed by atoms with E-state index in [-0.39, 0.29) is 23.8 Å². The van der Waals surface area contributed by atoms with Gasteiger partial charge in [-0.1, -0.05) is 0 Å². The number of hydrogen-bond donors (Lipinski definition) is 1. The number of ether oxygens (including phenoxy) is 1. The molecule has 148 valence electrons. The van der Waals surface area contributed by atoms with Crippen molar-refractivity contribution in [3.8, 4) is 11.5 Å². The normalized spacial score (nSPS) is 19.2. The molecule has 2 aromatic rings. The zero-order valence-corrected chi connectivity index (χ0v) is 16.0. The van der Waals surface area contributed by atoms with Crippen LogP contribution >= 0.6 is 7.75 Å². The number of carbonyl (C=O) groups is 1. The van der Waals surface area contributed by atoms with Crippen LogP contribution in [-0.2, 0) is 20.2 Å². The fourth-order valence-corrected chi connectivity index (χ4v) is 3.90. The molecule has 9 nitrogen and oxygen atoms in total. The number of benzene rings is 2. The summed E-state index contributed by atoms with van der Waals surface area (Å²) in [6, 6.07) is 10.5.